The molecule has 0 rings (SSSR count). The molecule has 0 fully saturated rings. The van der Waals surface area contributed by atoms with Crippen molar-refractivity contribution in [1.82, 2.24) is 0 Å². The average molecular weight is 463 g/mol. The quantitative estimate of drug-likeness (QED) is 0.229. The third-order valence-corrected chi connectivity index (χ3v) is 18.5. The van der Waals surface area contributed by atoms with Gasteiger partial charge in [-0.15, -0.1) is 0 Å². The monoisotopic (exact) mass is 462 g/mol. The number of rotatable bonds is 12. The number of allylic oxidation sites excluding steroid dienone is 1. The van der Waals surface area contributed by atoms with Gasteiger partial charge in [0.1, 0.15) is 0 Å². The Labute approximate surface area is 181 Å². The largest absolute Gasteiger partial charge is 0.547 e. The van der Waals surface area contributed by atoms with Crippen LogP contribution in [0.4, 0.5) is 0 Å². The van der Waals surface area contributed by atoms with Crippen molar-refractivity contribution in [3.63, 3.8) is 0 Å². The van der Waals surface area contributed by atoms with Gasteiger partial charge in [-0.2, -0.15) is 0 Å². The molecule has 0 N–H and O–H groups in total. The molecular formula is C21H50O3Si4. The van der Waals surface area contributed by atoms with Crippen LogP contribution in [0, 0.1) is 0 Å². The summed E-state index contributed by atoms with van der Waals surface area (Å²) in [5.74, 6) is 0.922. The molecule has 7 heteroatoms. The maximum atomic E-state index is 7.09. The molecule has 28 heavy (non-hydrogen) atoms. The Hall–Kier alpha value is 0.328. The van der Waals surface area contributed by atoms with Crippen LogP contribution in [0.25, 0.3) is 0 Å². The summed E-state index contributed by atoms with van der Waals surface area (Å²) in [6.07, 6.45) is 2.04. The van der Waals surface area contributed by atoms with Crippen molar-refractivity contribution in [2.45, 2.75) is 122 Å². The van der Waals surface area contributed by atoms with E-state index < -0.39 is 33.7 Å². The van der Waals surface area contributed by atoms with Gasteiger partial charge in [-0.3, -0.25) is 0 Å². The first-order valence-corrected chi connectivity index (χ1v) is 23.1. The van der Waals surface area contributed by atoms with Crippen LogP contribution < -0.4 is 0 Å². The molecule has 0 amide bonds. The van der Waals surface area contributed by atoms with Crippen molar-refractivity contribution in [2.24, 2.45) is 0 Å². The highest BCUT2D eigenvalue weighted by Gasteiger charge is 2.52. The molecule has 0 saturated heterocycles. The zero-order valence-electron chi connectivity index (χ0n) is 21.5. The van der Waals surface area contributed by atoms with Gasteiger partial charge < -0.3 is 13.3 Å². The Morgan fingerprint density at radius 2 is 1.43 bits per heavy atom. The van der Waals surface area contributed by atoms with Gasteiger partial charge in [-0.05, 0) is 66.0 Å². The van der Waals surface area contributed by atoms with Crippen molar-refractivity contribution >= 4 is 33.7 Å². The van der Waals surface area contributed by atoms with Gasteiger partial charge in [0.25, 0.3) is 9.04 Å². The fourth-order valence-electron chi connectivity index (χ4n) is 3.49. The standard InChI is InChI=1S/C21H50O3Si4/c1-16-20(5,18(3)22-25(7)19(4)23-27(11,12)13)28(14,15)24-21(6,17-2)26(8,9)10/h19,25H,3,16-17H2,1-2,4-15H3/t19?,20-,21?,25?/m1/s1. The Morgan fingerprint density at radius 1 is 0.964 bits per heavy atom. The van der Waals surface area contributed by atoms with Crippen molar-refractivity contribution in [3.8, 4) is 0 Å². The molecule has 168 valence electrons. The first-order valence-electron chi connectivity index (χ1n) is 11.0. The van der Waals surface area contributed by atoms with E-state index in [9.17, 15) is 0 Å². The van der Waals surface area contributed by atoms with E-state index in [1.165, 1.54) is 0 Å². The van der Waals surface area contributed by atoms with E-state index in [0.717, 1.165) is 18.6 Å². The number of hydrogen-bond acceptors (Lipinski definition) is 3. The highest BCUT2D eigenvalue weighted by molar-refractivity contribution is 6.81. The van der Waals surface area contributed by atoms with Crippen LogP contribution in [0.1, 0.15) is 47.5 Å². The van der Waals surface area contributed by atoms with E-state index in [1.54, 1.807) is 0 Å². The molecule has 3 nitrogen and oxygen atoms in total. The van der Waals surface area contributed by atoms with Gasteiger partial charge in [-0.25, -0.2) is 0 Å². The van der Waals surface area contributed by atoms with Gasteiger partial charge >= 0.3 is 0 Å². The third-order valence-electron chi connectivity index (χ3n) is 6.92. The molecule has 3 unspecified atom stereocenters. The van der Waals surface area contributed by atoms with Crippen molar-refractivity contribution in [1.29, 1.82) is 0 Å². The first kappa shape index (κ1) is 28.3. The lowest BCUT2D eigenvalue weighted by molar-refractivity contribution is 0.134. The molecule has 0 saturated carbocycles. The van der Waals surface area contributed by atoms with Crippen LogP contribution in [-0.2, 0) is 13.3 Å². The van der Waals surface area contributed by atoms with Crippen LogP contribution >= 0.6 is 0 Å². The summed E-state index contributed by atoms with van der Waals surface area (Å²) in [5.41, 5.74) is 0.193. The van der Waals surface area contributed by atoms with Gasteiger partial charge in [0.15, 0.2) is 16.6 Å². The van der Waals surface area contributed by atoms with Crippen LogP contribution in [0.2, 0.25) is 64.0 Å². The molecule has 0 aliphatic carbocycles. The molecule has 0 aliphatic heterocycles. The van der Waals surface area contributed by atoms with Crippen molar-refractivity contribution in [2.75, 3.05) is 0 Å². The van der Waals surface area contributed by atoms with Gasteiger partial charge in [0.2, 0.25) is 0 Å². The minimum atomic E-state index is -2.13. The third kappa shape index (κ3) is 6.94. The fourth-order valence-corrected chi connectivity index (χ4v) is 13.7. The predicted molar refractivity (Wildman–Crippen MR) is 136 cm³/mol. The lowest BCUT2D eigenvalue weighted by Gasteiger charge is -2.51. The second-order valence-electron chi connectivity index (χ2n) is 11.3. The van der Waals surface area contributed by atoms with E-state index in [2.05, 4.69) is 100 Å². The summed E-state index contributed by atoms with van der Waals surface area (Å²) in [6.45, 7) is 36.7. The van der Waals surface area contributed by atoms with E-state index >= 15 is 0 Å². The topological polar surface area (TPSA) is 27.7 Å². The van der Waals surface area contributed by atoms with Gasteiger partial charge in [0, 0.05) is 10.3 Å². The summed E-state index contributed by atoms with van der Waals surface area (Å²) < 4.78 is 19.9. The van der Waals surface area contributed by atoms with E-state index in [4.69, 9.17) is 13.3 Å². The Kier molecular flexibility index (Phi) is 9.75. The van der Waals surface area contributed by atoms with Crippen LogP contribution in [0.15, 0.2) is 12.3 Å². The summed E-state index contributed by atoms with van der Waals surface area (Å²) in [5, 5.41) is -0.153. The Morgan fingerprint density at radius 3 is 1.75 bits per heavy atom. The van der Waals surface area contributed by atoms with E-state index in [1.807, 2.05) is 0 Å². The van der Waals surface area contributed by atoms with Gasteiger partial charge in [-0.1, -0.05) is 47.0 Å². The maximum Gasteiger partial charge on any atom is 0.258 e. The minimum Gasteiger partial charge on any atom is -0.547 e. The zero-order valence-corrected chi connectivity index (χ0v) is 25.7. The average Bonchev–Trinajstić information content (AvgIpc) is 2.50. The molecule has 0 heterocycles. The molecule has 0 spiro atoms. The molecule has 0 aromatic heterocycles. The van der Waals surface area contributed by atoms with Gasteiger partial charge in [0.05, 0.1) is 19.6 Å². The molecular weight excluding hydrogens is 413 g/mol. The molecule has 0 aliphatic rings. The minimum absolute atomic E-state index is 0.0310. The predicted octanol–water partition coefficient (Wildman–Crippen LogP) is 7.09. The molecule has 0 aromatic carbocycles. The summed E-state index contributed by atoms with van der Waals surface area (Å²) in [6, 6.07) is 0. The van der Waals surface area contributed by atoms with Crippen molar-refractivity contribution in [3.05, 3.63) is 12.3 Å². The number of hydrogen-bond donors (Lipinski definition) is 0. The summed E-state index contributed by atoms with van der Waals surface area (Å²) in [4.78, 5) is 0. The second kappa shape index (κ2) is 9.64. The highest BCUT2D eigenvalue weighted by Crippen LogP contribution is 2.50. The Balaban J connectivity index is 5.59. The van der Waals surface area contributed by atoms with E-state index in [-0.39, 0.29) is 16.0 Å². The van der Waals surface area contributed by atoms with Crippen LogP contribution in [0.5, 0.6) is 0 Å². The smallest absolute Gasteiger partial charge is 0.258 e. The SMILES string of the molecule is C=C(O[SiH](C)C(C)O[Si](C)(C)C)[C@@](C)(CC)[Si](C)(C)OC(C)(CC)[Si](C)(C)C. The summed E-state index contributed by atoms with van der Waals surface area (Å²) in [7, 11) is -6.74. The van der Waals surface area contributed by atoms with Crippen LogP contribution in [-0.4, -0.2) is 44.7 Å². The summed E-state index contributed by atoms with van der Waals surface area (Å²) >= 11 is 0. The molecule has 4 atom stereocenters. The lowest BCUT2D eigenvalue weighted by Crippen LogP contribution is -2.60. The fraction of sp³-hybridized carbons (Fsp3) is 0.905. The first-order chi connectivity index (χ1) is 12.3. The second-order valence-corrected chi connectivity index (χ2v) is 28.2. The normalized spacial score (nSPS) is 20.1. The Bertz CT molecular complexity index is 525. The van der Waals surface area contributed by atoms with Crippen molar-refractivity contribution < 1.29 is 13.3 Å². The van der Waals surface area contributed by atoms with Crippen LogP contribution in [0.3, 0.4) is 0 Å². The zero-order chi connectivity index (χ0) is 22.8. The lowest BCUT2D eigenvalue weighted by atomic mass is 10.1. The van der Waals surface area contributed by atoms with E-state index in [0.29, 0.717) is 0 Å². The molecule has 0 radical (unpaired) electrons. The maximum absolute atomic E-state index is 7.09. The highest BCUT2D eigenvalue weighted by atomic mass is 28.4. The molecule has 0 aromatic rings. The molecule has 0 bridgehead atoms.